The molecule has 3 N–H and O–H groups in total. The van der Waals surface area contributed by atoms with Gasteiger partial charge in [0.25, 0.3) is 0 Å². The van der Waals surface area contributed by atoms with Gasteiger partial charge in [0.05, 0.1) is 47.2 Å². The van der Waals surface area contributed by atoms with E-state index in [0.717, 1.165) is 28.4 Å². The molecule has 0 saturated heterocycles. The third kappa shape index (κ3) is 4.94. The topological polar surface area (TPSA) is 109 Å². The van der Waals surface area contributed by atoms with Gasteiger partial charge in [0.15, 0.2) is 5.76 Å². The maximum Gasteiger partial charge on any atom is 0.222 e. The van der Waals surface area contributed by atoms with E-state index in [1.54, 1.807) is 13.1 Å². The molecule has 0 aliphatic heterocycles. The van der Waals surface area contributed by atoms with Crippen molar-refractivity contribution in [3.05, 3.63) is 47.6 Å². The molecule has 8 heteroatoms. The highest BCUT2D eigenvalue weighted by Crippen LogP contribution is 2.34. The molecule has 0 bridgehead atoms. The number of ether oxygens (including phenoxy) is 1. The smallest absolute Gasteiger partial charge is 0.222 e. The summed E-state index contributed by atoms with van der Waals surface area (Å²) in [5.41, 5.74) is 4.81. The van der Waals surface area contributed by atoms with Crippen LogP contribution in [0.25, 0.3) is 11.3 Å². The first-order valence-corrected chi connectivity index (χ1v) is 10.00. The first-order chi connectivity index (χ1) is 14.4. The van der Waals surface area contributed by atoms with Crippen molar-refractivity contribution in [1.82, 2.24) is 15.1 Å². The Bertz CT molecular complexity index is 1030. The molecule has 158 valence electrons. The minimum absolute atomic E-state index is 0.168. The van der Waals surface area contributed by atoms with Gasteiger partial charge < -0.3 is 25.3 Å². The highest BCUT2D eigenvalue weighted by atomic mass is 16.5. The summed E-state index contributed by atoms with van der Waals surface area (Å²) in [7, 11) is 0. The fourth-order valence-corrected chi connectivity index (χ4v) is 3.05. The number of rotatable bonds is 9. The molecule has 0 aromatic carbocycles. The molecule has 3 rings (SSSR count). The molecule has 30 heavy (non-hydrogen) atoms. The first kappa shape index (κ1) is 21.3. The van der Waals surface area contributed by atoms with E-state index in [4.69, 9.17) is 19.7 Å². The van der Waals surface area contributed by atoms with E-state index in [1.807, 2.05) is 38.1 Å². The van der Waals surface area contributed by atoms with E-state index < -0.39 is 0 Å². The third-order valence-corrected chi connectivity index (χ3v) is 4.27. The van der Waals surface area contributed by atoms with Gasteiger partial charge in [-0.3, -0.25) is 0 Å². The minimum Gasteiger partial charge on any atom is -0.477 e. The molecule has 0 saturated carbocycles. The molecule has 0 atom stereocenters. The van der Waals surface area contributed by atoms with Gasteiger partial charge in [-0.1, -0.05) is 5.16 Å². The van der Waals surface area contributed by atoms with Crippen LogP contribution in [0.5, 0.6) is 5.88 Å². The third-order valence-electron chi connectivity index (χ3n) is 4.27. The monoisotopic (exact) mass is 408 g/mol. The molecule has 0 aliphatic rings. The fourth-order valence-electron chi connectivity index (χ4n) is 3.05. The Hall–Kier alpha value is -3.42. The zero-order valence-electron chi connectivity index (χ0n) is 18.0. The summed E-state index contributed by atoms with van der Waals surface area (Å²) >= 11 is 0. The number of anilines is 2. The Labute approximate surface area is 176 Å². The van der Waals surface area contributed by atoms with Crippen LogP contribution in [0.15, 0.2) is 35.0 Å². The molecule has 0 spiro atoms. The van der Waals surface area contributed by atoms with E-state index in [2.05, 4.69) is 34.6 Å². The summed E-state index contributed by atoms with van der Waals surface area (Å²) < 4.78 is 11.0. The van der Waals surface area contributed by atoms with Crippen molar-refractivity contribution in [3.63, 3.8) is 0 Å². The highest BCUT2D eigenvalue weighted by Gasteiger charge is 2.19. The normalized spacial score (nSPS) is 10.9. The van der Waals surface area contributed by atoms with Crippen molar-refractivity contribution in [1.29, 1.82) is 5.41 Å². The maximum atomic E-state index is 8.30. The Morgan fingerprint density at radius 1 is 1.30 bits per heavy atom. The van der Waals surface area contributed by atoms with Gasteiger partial charge in [-0.15, -0.1) is 0 Å². The lowest BCUT2D eigenvalue weighted by atomic mass is 10.1. The van der Waals surface area contributed by atoms with Crippen molar-refractivity contribution in [3.8, 4) is 17.1 Å². The molecule has 0 fully saturated rings. The minimum atomic E-state index is 0.168. The number of hydrogen-bond acceptors (Lipinski definition) is 8. The van der Waals surface area contributed by atoms with Crippen LogP contribution in [0.2, 0.25) is 0 Å². The van der Waals surface area contributed by atoms with E-state index in [9.17, 15) is 0 Å². The van der Waals surface area contributed by atoms with Crippen molar-refractivity contribution < 1.29 is 9.26 Å². The van der Waals surface area contributed by atoms with E-state index in [0.29, 0.717) is 36.1 Å². The number of nitrogens with zero attached hydrogens (tertiary/aromatic N) is 3. The first-order valence-electron chi connectivity index (χ1n) is 10.00. The van der Waals surface area contributed by atoms with Gasteiger partial charge in [0, 0.05) is 18.3 Å². The van der Waals surface area contributed by atoms with Crippen LogP contribution in [0, 0.1) is 12.3 Å². The Morgan fingerprint density at radius 3 is 2.73 bits per heavy atom. The molecule has 0 amide bonds. The molecule has 0 unspecified atom stereocenters. The lowest BCUT2D eigenvalue weighted by Gasteiger charge is -2.20. The van der Waals surface area contributed by atoms with Crippen LogP contribution in [-0.2, 0) is 6.54 Å². The molecular weight excluding hydrogens is 380 g/mol. The van der Waals surface area contributed by atoms with Gasteiger partial charge in [0.1, 0.15) is 5.69 Å². The summed E-state index contributed by atoms with van der Waals surface area (Å²) in [6, 6.07) is 7.77. The quantitative estimate of drug-likeness (QED) is 0.442. The number of aryl methyl sites for hydroxylation is 1. The summed E-state index contributed by atoms with van der Waals surface area (Å²) in [5.74, 6) is 1.24. The second-order valence-electron chi connectivity index (χ2n) is 7.28. The summed E-state index contributed by atoms with van der Waals surface area (Å²) in [4.78, 5) is 9.12. The number of hydrogen-bond donors (Lipinski definition) is 3. The summed E-state index contributed by atoms with van der Waals surface area (Å²) in [6.07, 6.45) is 1.69. The molecule has 0 aliphatic carbocycles. The molecular formula is C22H28N6O2. The molecule has 0 radical (unpaired) electrons. The number of aromatic nitrogens is 3. The lowest BCUT2D eigenvalue weighted by molar-refractivity contribution is 0.328. The van der Waals surface area contributed by atoms with Crippen molar-refractivity contribution in [2.75, 3.05) is 17.2 Å². The summed E-state index contributed by atoms with van der Waals surface area (Å²) in [6.45, 7) is 10.6. The standard InChI is InChI=1S/C22H28N6O2/c1-6-29-22-17(8-7-9-24-22)18-11-19(25-12-16-10-14(4)28-30-16)21(26-13(2)3)20(27-18)15(5)23/h7-11,13,23,26H,6,12H2,1-5H3,(H,25,27). The van der Waals surface area contributed by atoms with Crippen LogP contribution in [0.1, 0.15) is 44.8 Å². The number of nitrogens with one attached hydrogen (secondary N) is 3. The Kier molecular flexibility index (Phi) is 6.66. The average Bonchev–Trinajstić information content (AvgIpc) is 3.12. The average molecular weight is 409 g/mol. The predicted octanol–water partition coefficient (Wildman–Crippen LogP) is 4.66. The SMILES string of the molecule is CCOc1ncccc1-c1cc(NCc2cc(C)no2)c(NC(C)C)c(C(C)=N)n1. The maximum absolute atomic E-state index is 8.30. The van der Waals surface area contributed by atoms with Gasteiger partial charge in [-0.25, -0.2) is 9.97 Å². The zero-order valence-corrected chi connectivity index (χ0v) is 18.0. The van der Waals surface area contributed by atoms with Crippen molar-refractivity contribution in [2.24, 2.45) is 0 Å². The zero-order chi connectivity index (χ0) is 21.7. The van der Waals surface area contributed by atoms with Gasteiger partial charge >= 0.3 is 0 Å². The molecule has 3 heterocycles. The van der Waals surface area contributed by atoms with Crippen LogP contribution in [0.4, 0.5) is 11.4 Å². The van der Waals surface area contributed by atoms with Crippen LogP contribution < -0.4 is 15.4 Å². The highest BCUT2D eigenvalue weighted by molar-refractivity contribution is 6.03. The van der Waals surface area contributed by atoms with E-state index in [1.165, 1.54) is 0 Å². The molecule has 3 aromatic rings. The fraction of sp³-hybridized carbons (Fsp3) is 0.364. The lowest BCUT2D eigenvalue weighted by Crippen LogP contribution is -2.17. The molecule has 8 nitrogen and oxygen atoms in total. The van der Waals surface area contributed by atoms with E-state index >= 15 is 0 Å². The van der Waals surface area contributed by atoms with Gasteiger partial charge in [0.2, 0.25) is 5.88 Å². The van der Waals surface area contributed by atoms with Crippen LogP contribution >= 0.6 is 0 Å². The van der Waals surface area contributed by atoms with Gasteiger partial charge in [-0.05, 0) is 52.8 Å². The van der Waals surface area contributed by atoms with Crippen molar-refractivity contribution in [2.45, 2.75) is 47.2 Å². The van der Waals surface area contributed by atoms with Crippen molar-refractivity contribution >= 4 is 17.1 Å². The van der Waals surface area contributed by atoms with E-state index in [-0.39, 0.29) is 6.04 Å². The predicted molar refractivity (Wildman–Crippen MR) is 118 cm³/mol. The van der Waals surface area contributed by atoms with Crippen LogP contribution in [0.3, 0.4) is 0 Å². The number of pyridine rings is 2. The largest absolute Gasteiger partial charge is 0.477 e. The Morgan fingerprint density at radius 2 is 2.10 bits per heavy atom. The second-order valence-corrected chi connectivity index (χ2v) is 7.28. The van der Waals surface area contributed by atoms with Crippen LogP contribution in [-0.4, -0.2) is 33.5 Å². The summed E-state index contributed by atoms with van der Waals surface area (Å²) in [5, 5.41) is 19.1. The van der Waals surface area contributed by atoms with Gasteiger partial charge in [-0.2, -0.15) is 0 Å². The Balaban J connectivity index is 2.10. The second kappa shape index (κ2) is 9.39. The molecule has 3 aromatic heterocycles.